The standard InChI is InChI=1S/C12H7ClN8O5/c13-11-7(20(23)24)3-6(4-8(11)21(25)26)12(22)17-15-9-1-2-10-16-14-5-19(10)18-9/h1-5H,(H,15,18)(H,17,22). The van der Waals surface area contributed by atoms with Crippen molar-refractivity contribution in [2.24, 2.45) is 0 Å². The Hall–Kier alpha value is -3.87. The summed E-state index contributed by atoms with van der Waals surface area (Å²) in [5.41, 5.74) is 3.35. The SMILES string of the molecule is O=C(NNc1ccc2nncn2n1)c1cc([N+](=O)[O-])c(Cl)c([N+](=O)[O-])c1. The maximum Gasteiger partial charge on any atom is 0.295 e. The molecule has 0 spiro atoms. The van der Waals surface area contributed by atoms with Gasteiger partial charge < -0.3 is 0 Å². The van der Waals surface area contributed by atoms with Crippen LogP contribution in [0.25, 0.3) is 5.65 Å². The van der Waals surface area contributed by atoms with Gasteiger partial charge in [0.25, 0.3) is 17.3 Å². The second-order valence-electron chi connectivity index (χ2n) is 4.77. The Morgan fingerprint density at radius 2 is 1.81 bits per heavy atom. The van der Waals surface area contributed by atoms with E-state index in [1.807, 2.05) is 0 Å². The summed E-state index contributed by atoms with van der Waals surface area (Å²) in [5, 5.41) is 32.7. The van der Waals surface area contributed by atoms with Gasteiger partial charge in [-0.3, -0.25) is 35.9 Å². The molecule has 3 aromatic rings. The number of nitro benzene ring substituents is 2. The lowest BCUT2D eigenvalue weighted by atomic mass is 10.1. The molecule has 14 heteroatoms. The van der Waals surface area contributed by atoms with Crippen molar-refractivity contribution >= 4 is 40.3 Å². The van der Waals surface area contributed by atoms with Crippen LogP contribution in [0.15, 0.2) is 30.6 Å². The van der Waals surface area contributed by atoms with Crippen molar-refractivity contribution in [3.63, 3.8) is 0 Å². The molecule has 2 aromatic heterocycles. The van der Waals surface area contributed by atoms with Crippen LogP contribution in [0, 0.1) is 20.2 Å². The molecule has 2 N–H and O–H groups in total. The number of nitro groups is 2. The molecule has 26 heavy (non-hydrogen) atoms. The number of aromatic nitrogens is 4. The predicted octanol–water partition coefficient (Wildman–Crippen LogP) is 1.35. The molecule has 0 bridgehead atoms. The molecule has 0 radical (unpaired) electrons. The van der Waals surface area contributed by atoms with Crippen molar-refractivity contribution in [3.8, 4) is 0 Å². The summed E-state index contributed by atoms with van der Waals surface area (Å²) in [5.74, 6) is -0.651. The Morgan fingerprint density at radius 1 is 1.15 bits per heavy atom. The number of amides is 1. The van der Waals surface area contributed by atoms with Crippen LogP contribution in [-0.4, -0.2) is 35.6 Å². The third-order valence-electron chi connectivity index (χ3n) is 3.16. The average Bonchev–Trinajstić information content (AvgIpc) is 3.07. The quantitative estimate of drug-likeness (QED) is 0.491. The first-order valence-corrected chi connectivity index (χ1v) is 7.10. The smallest absolute Gasteiger partial charge is 0.280 e. The maximum atomic E-state index is 12.2. The molecule has 3 rings (SSSR count). The van der Waals surface area contributed by atoms with Gasteiger partial charge in [-0.1, -0.05) is 11.6 Å². The molecule has 1 amide bonds. The first kappa shape index (κ1) is 17.0. The van der Waals surface area contributed by atoms with Crippen LogP contribution in [0.1, 0.15) is 10.4 Å². The number of fused-ring (bicyclic) bond motifs is 1. The van der Waals surface area contributed by atoms with Crippen LogP contribution < -0.4 is 10.9 Å². The van der Waals surface area contributed by atoms with Gasteiger partial charge in [-0.05, 0) is 12.1 Å². The van der Waals surface area contributed by atoms with Crippen molar-refractivity contribution in [2.75, 3.05) is 5.43 Å². The number of carbonyl (C=O) groups is 1. The zero-order chi connectivity index (χ0) is 18.8. The molecule has 13 nitrogen and oxygen atoms in total. The number of hydrogen-bond donors (Lipinski definition) is 2. The second-order valence-corrected chi connectivity index (χ2v) is 5.15. The molecular formula is C12H7ClN8O5. The van der Waals surface area contributed by atoms with E-state index in [4.69, 9.17) is 11.6 Å². The largest absolute Gasteiger partial charge is 0.295 e. The fraction of sp³-hybridized carbons (Fsp3) is 0. The predicted molar refractivity (Wildman–Crippen MR) is 86.6 cm³/mol. The Morgan fingerprint density at radius 3 is 2.42 bits per heavy atom. The van der Waals surface area contributed by atoms with E-state index in [-0.39, 0.29) is 11.4 Å². The molecule has 132 valence electrons. The van der Waals surface area contributed by atoms with Crippen LogP contribution in [-0.2, 0) is 0 Å². The number of rotatable bonds is 5. The average molecular weight is 379 g/mol. The molecule has 0 atom stereocenters. The van der Waals surface area contributed by atoms with Crippen LogP contribution in [0.4, 0.5) is 17.2 Å². The van der Waals surface area contributed by atoms with Gasteiger partial charge in [0.05, 0.1) is 15.4 Å². The normalized spacial score (nSPS) is 10.5. The van der Waals surface area contributed by atoms with E-state index in [0.29, 0.717) is 5.65 Å². The van der Waals surface area contributed by atoms with Crippen molar-refractivity contribution < 1.29 is 14.6 Å². The molecule has 0 saturated heterocycles. The lowest BCUT2D eigenvalue weighted by molar-refractivity contribution is -0.393. The zero-order valence-corrected chi connectivity index (χ0v) is 13.2. The highest BCUT2D eigenvalue weighted by atomic mass is 35.5. The minimum Gasteiger partial charge on any atom is -0.280 e. The van der Waals surface area contributed by atoms with Crippen LogP contribution in [0.3, 0.4) is 0 Å². The van der Waals surface area contributed by atoms with Gasteiger partial charge in [-0.15, -0.1) is 15.3 Å². The first-order chi connectivity index (χ1) is 12.4. The first-order valence-electron chi connectivity index (χ1n) is 6.72. The van der Waals surface area contributed by atoms with E-state index in [1.165, 1.54) is 16.9 Å². The molecule has 0 unspecified atom stereocenters. The summed E-state index contributed by atoms with van der Waals surface area (Å²) in [6, 6.07) is 4.75. The number of halogens is 1. The van der Waals surface area contributed by atoms with Crippen LogP contribution in [0.2, 0.25) is 5.02 Å². The van der Waals surface area contributed by atoms with Crippen molar-refractivity contribution in [1.29, 1.82) is 0 Å². The highest BCUT2D eigenvalue weighted by molar-refractivity contribution is 6.35. The molecule has 0 aliphatic carbocycles. The number of benzene rings is 1. The van der Waals surface area contributed by atoms with E-state index >= 15 is 0 Å². The van der Waals surface area contributed by atoms with E-state index in [2.05, 4.69) is 26.1 Å². The second kappa shape index (κ2) is 6.56. The van der Waals surface area contributed by atoms with E-state index in [9.17, 15) is 25.0 Å². The van der Waals surface area contributed by atoms with Gasteiger partial charge >= 0.3 is 0 Å². The summed E-state index contributed by atoms with van der Waals surface area (Å²) in [7, 11) is 0. The number of hydrogen-bond acceptors (Lipinski definition) is 9. The summed E-state index contributed by atoms with van der Waals surface area (Å²) in [6.45, 7) is 0. The fourth-order valence-corrected chi connectivity index (χ4v) is 2.23. The summed E-state index contributed by atoms with van der Waals surface area (Å²) >= 11 is 5.64. The van der Waals surface area contributed by atoms with Gasteiger partial charge in [-0.25, -0.2) is 0 Å². The summed E-state index contributed by atoms with van der Waals surface area (Å²) < 4.78 is 1.34. The molecular weight excluding hydrogens is 372 g/mol. The number of carbonyl (C=O) groups excluding carboxylic acids is 1. The molecule has 0 aliphatic heterocycles. The van der Waals surface area contributed by atoms with E-state index < -0.39 is 32.2 Å². The Kier molecular flexibility index (Phi) is 4.28. The van der Waals surface area contributed by atoms with Crippen LogP contribution in [0.5, 0.6) is 0 Å². The van der Waals surface area contributed by atoms with Crippen molar-refractivity contribution in [3.05, 3.63) is 61.4 Å². The molecule has 0 saturated carbocycles. The fourth-order valence-electron chi connectivity index (χ4n) is 1.98. The van der Waals surface area contributed by atoms with Crippen molar-refractivity contribution in [2.45, 2.75) is 0 Å². The summed E-state index contributed by atoms with van der Waals surface area (Å²) in [6.07, 6.45) is 1.34. The molecule has 0 aliphatic rings. The third-order valence-corrected chi connectivity index (χ3v) is 3.54. The van der Waals surface area contributed by atoms with Crippen LogP contribution >= 0.6 is 11.6 Å². The Balaban J connectivity index is 1.84. The van der Waals surface area contributed by atoms with Gasteiger partial charge in [0.2, 0.25) is 0 Å². The minimum absolute atomic E-state index is 0.212. The van der Waals surface area contributed by atoms with Gasteiger partial charge in [0, 0.05) is 12.1 Å². The zero-order valence-electron chi connectivity index (χ0n) is 12.5. The highest BCUT2D eigenvalue weighted by Gasteiger charge is 2.27. The minimum atomic E-state index is -0.916. The molecule has 1 aromatic carbocycles. The number of anilines is 1. The molecule has 2 heterocycles. The highest BCUT2D eigenvalue weighted by Crippen LogP contribution is 2.34. The number of nitrogens with zero attached hydrogens (tertiary/aromatic N) is 6. The Labute approximate surface area is 147 Å². The summed E-state index contributed by atoms with van der Waals surface area (Å²) in [4.78, 5) is 32.3. The number of nitrogens with one attached hydrogen (secondary N) is 2. The topological polar surface area (TPSA) is 170 Å². The van der Waals surface area contributed by atoms with Crippen molar-refractivity contribution in [1.82, 2.24) is 25.2 Å². The Bertz CT molecular complexity index is 1020. The number of hydrazine groups is 1. The lowest BCUT2D eigenvalue weighted by Gasteiger charge is -2.08. The maximum absolute atomic E-state index is 12.2. The van der Waals surface area contributed by atoms with E-state index in [1.54, 1.807) is 6.07 Å². The third kappa shape index (κ3) is 3.18. The van der Waals surface area contributed by atoms with E-state index in [0.717, 1.165) is 12.1 Å². The monoisotopic (exact) mass is 378 g/mol. The van der Waals surface area contributed by atoms with Gasteiger partial charge in [0.15, 0.2) is 16.5 Å². The lowest BCUT2D eigenvalue weighted by Crippen LogP contribution is -2.30. The van der Waals surface area contributed by atoms with Gasteiger partial charge in [-0.2, -0.15) is 4.52 Å². The van der Waals surface area contributed by atoms with Gasteiger partial charge in [0.1, 0.15) is 6.33 Å². The molecule has 0 fully saturated rings.